The first-order valence-electron chi connectivity index (χ1n) is 10.0. The Labute approximate surface area is 176 Å². The standard InChI is InChI=1S/C23H28N4O3/c1-16(2)8-10-26-11-9-17(3)21(23(26)29)22(28)24-13-18-14-25-27(15-18)19-6-5-7-20(12-19)30-4/h5-7,9,11-12,14-16H,8,10,13H2,1-4H3,(H,24,28). The Kier molecular flexibility index (Phi) is 6.72. The lowest BCUT2D eigenvalue weighted by Crippen LogP contribution is -2.33. The van der Waals surface area contributed by atoms with Crippen molar-refractivity contribution < 1.29 is 9.53 Å². The molecular weight excluding hydrogens is 380 g/mol. The number of hydrogen-bond donors (Lipinski definition) is 1. The molecule has 1 amide bonds. The van der Waals surface area contributed by atoms with Crippen molar-refractivity contribution in [2.75, 3.05) is 7.11 Å². The zero-order valence-electron chi connectivity index (χ0n) is 17.9. The van der Waals surface area contributed by atoms with Crippen molar-refractivity contribution in [2.24, 2.45) is 5.92 Å². The number of aromatic nitrogens is 3. The Morgan fingerprint density at radius 3 is 2.80 bits per heavy atom. The molecule has 7 heteroatoms. The van der Waals surface area contributed by atoms with Crippen LogP contribution in [0, 0.1) is 12.8 Å². The number of carbonyl (C=O) groups is 1. The lowest BCUT2D eigenvalue weighted by molar-refractivity contribution is 0.0948. The Balaban J connectivity index is 1.71. The van der Waals surface area contributed by atoms with Crippen molar-refractivity contribution in [2.45, 2.75) is 40.3 Å². The first kappa shape index (κ1) is 21.4. The van der Waals surface area contributed by atoms with Gasteiger partial charge in [0.1, 0.15) is 11.3 Å². The fourth-order valence-electron chi connectivity index (χ4n) is 3.13. The average molecular weight is 409 g/mol. The molecule has 0 saturated carbocycles. The molecule has 0 bridgehead atoms. The fourth-order valence-corrected chi connectivity index (χ4v) is 3.13. The molecule has 3 aromatic rings. The maximum atomic E-state index is 12.8. The van der Waals surface area contributed by atoms with E-state index in [2.05, 4.69) is 24.3 Å². The van der Waals surface area contributed by atoms with Crippen molar-refractivity contribution in [1.29, 1.82) is 0 Å². The van der Waals surface area contributed by atoms with Gasteiger partial charge in [0.15, 0.2) is 0 Å². The summed E-state index contributed by atoms with van der Waals surface area (Å²) < 4.78 is 8.58. The third-order valence-electron chi connectivity index (χ3n) is 4.95. The van der Waals surface area contributed by atoms with Crippen molar-refractivity contribution >= 4 is 5.91 Å². The highest BCUT2D eigenvalue weighted by Crippen LogP contribution is 2.16. The molecule has 0 radical (unpaired) electrons. The summed E-state index contributed by atoms with van der Waals surface area (Å²) in [6, 6.07) is 9.37. The molecule has 1 N–H and O–H groups in total. The first-order chi connectivity index (χ1) is 14.4. The highest BCUT2D eigenvalue weighted by atomic mass is 16.5. The van der Waals surface area contributed by atoms with E-state index in [1.807, 2.05) is 36.5 Å². The van der Waals surface area contributed by atoms with Gasteiger partial charge in [-0.1, -0.05) is 19.9 Å². The Morgan fingerprint density at radius 2 is 2.07 bits per heavy atom. The lowest BCUT2D eigenvalue weighted by atomic mass is 10.1. The first-order valence-corrected chi connectivity index (χ1v) is 10.0. The number of hydrogen-bond acceptors (Lipinski definition) is 4. The quantitative estimate of drug-likeness (QED) is 0.620. The minimum atomic E-state index is -0.370. The van der Waals surface area contributed by atoms with E-state index in [9.17, 15) is 9.59 Å². The second kappa shape index (κ2) is 9.43. The van der Waals surface area contributed by atoms with Gasteiger partial charge in [0.05, 0.1) is 19.0 Å². The van der Waals surface area contributed by atoms with Crippen LogP contribution in [0.1, 0.15) is 41.8 Å². The van der Waals surface area contributed by atoms with Crippen molar-refractivity contribution in [3.63, 3.8) is 0 Å². The second-order valence-electron chi connectivity index (χ2n) is 7.73. The molecule has 3 rings (SSSR count). The predicted molar refractivity (Wildman–Crippen MR) is 116 cm³/mol. The van der Waals surface area contributed by atoms with Gasteiger partial charge in [0, 0.05) is 37.1 Å². The topological polar surface area (TPSA) is 78.1 Å². The van der Waals surface area contributed by atoms with Gasteiger partial charge in [-0.15, -0.1) is 0 Å². The number of nitrogens with zero attached hydrogens (tertiary/aromatic N) is 3. The highest BCUT2D eigenvalue weighted by molar-refractivity contribution is 5.95. The van der Waals surface area contributed by atoms with Crippen LogP contribution in [0.5, 0.6) is 5.75 Å². The maximum Gasteiger partial charge on any atom is 0.263 e. The zero-order chi connectivity index (χ0) is 21.7. The fraction of sp³-hybridized carbons (Fsp3) is 0.348. The average Bonchev–Trinajstić information content (AvgIpc) is 3.21. The van der Waals surface area contributed by atoms with Crippen LogP contribution in [-0.4, -0.2) is 27.4 Å². The lowest BCUT2D eigenvalue weighted by Gasteiger charge is -2.12. The van der Waals surface area contributed by atoms with Crippen molar-refractivity contribution in [3.8, 4) is 11.4 Å². The Hall–Kier alpha value is -3.35. The van der Waals surface area contributed by atoms with E-state index in [1.165, 1.54) is 0 Å². The maximum absolute atomic E-state index is 12.8. The molecular formula is C23H28N4O3. The summed E-state index contributed by atoms with van der Waals surface area (Å²) in [4.78, 5) is 25.5. The zero-order valence-corrected chi connectivity index (χ0v) is 17.9. The SMILES string of the molecule is COc1cccc(-n2cc(CNC(=O)c3c(C)ccn(CCC(C)C)c3=O)cn2)c1. The minimum Gasteiger partial charge on any atom is -0.497 e. The molecule has 0 aliphatic carbocycles. The van der Waals surface area contributed by atoms with Gasteiger partial charge >= 0.3 is 0 Å². The van der Waals surface area contributed by atoms with Gasteiger partial charge in [-0.25, -0.2) is 4.68 Å². The number of aryl methyl sites for hydroxylation is 2. The van der Waals surface area contributed by atoms with Crippen LogP contribution in [0.2, 0.25) is 0 Å². The van der Waals surface area contributed by atoms with E-state index >= 15 is 0 Å². The van der Waals surface area contributed by atoms with Crippen LogP contribution >= 0.6 is 0 Å². The van der Waals surface area contributed by atoms with Crippen LogP contribution in [0.3, 0.4) is 0 Å². The molecule has 0 fully saturated rings. The number of methoxy groups -OCH3 is 1. The molecule has 30 heavy (non-hydrogen) atoms. The van der Waals surface area contributed by atoms with E-state index in [-0.39, 0.29) is 23.6 Å². The number of rotatable bonds is 8. The van der Waals surface area contributed by atoms with E-state index < -0.39 is 0 Å². The largest absolute Gasteiger partial charge is 0.497 e. The van der Waals surface area contributed by atoms with Crippen molar-refractivity contribution in [1.82, 2.24) is 19.7 Å². The van der Waals surface area contributed by atoms with Gasteiger partial charge in [-0.05, 0) is 43.0 Å². The molecule has 2 heterocycles. The second-order valence-corrected chi connectivity index (χ2v) is 7.73. The number of benzene rings is 1. The van der Waals surface area contributed by atoms with Gasteiger partial charge in [0.2, 0.25) is 0 Å². The molecule has 0 spiro atoms. The predicted octanol–water partition coefficient (Wildman–Crippen LogP) is 3.33. The summed E-state index contributed by atoms with van der Waals surface area (Å²) in [5.41, 5.74) is 2.31. The molecule has 158 valence electrons. The summed E-state index contributed by atoms with van der Waals surface area (Å²) in [5, 5.41) is 7.19. The third-order valence-corrected chi connectivity index (χ3v) is 4.95. The number of ether oxygens (including phenoxy) is 1. The molecule has 1 aromatic carbocycles. The Bertz CT molecular complexity index is 1080. The summed E-state index contributed by atoms with van der Waals surface area (Å²) in [5.74, 6) is 0.855. The minimum absolute atomic E-state index is 0.196. The van der Waals surface area contributed by atoms with E-state index in [0.717, 1.165) is 23.4 Å². The van der Waals surface area contributed by atoms with Gasteiger partial charge in [0.25, 0.3) is 11.5 Å². The summed E-state index contributed by atoms with van der Waals surface area (Å²) in [7, 11) is 1.62. The number of amides is 1. The number of carbonyl (C=O) groups excluding carboxylic acids is 1. The van der Waals surface area contributed by atoms with Crippen molar-refractivity contribution in [3.05, 3.63) is 76.0 Å². The van der Waals surface area contributed by atoms with Crippen LogP contribution < -0.4 is 15.6 Å². The van der Waals surface area contributed by atoms with Gasteiger partial charge in [-0.2, -0.15) is 5.10 Å². The normalized spacial score (nSPS) is 11.0. The molecule has 2 aromatic heterocycles. The number of pyridine rings is 1. The molecule has 0 saturated heterocycles. The third kappa shape index (κ3) is 4.97. The van der Waals surface area contributed by atoms with Gasteiger partial charge in [-0.3, -0.25) is 9.59 Å². The Morgan fingerprint density at radius 1 is 1.27 bits per heavy atom. The van der Waals surface area contributed by atoms with Gasteiger partial charge < -0.3 is 14.6 Å². The van der Waals surface area contributed by atoms with Crippen LogP contribution in [0.25, 0.3) is 5.69 Å². The molecule has 7 nitrogen and oxygen atoms in total. The van der Waals surface area contributed by atoms with E-state index in [1.54, 1.807) is 35.7 Å². The van der Waals surface area contributed by atoms with E-state index in [0.29, 0.717) is 18.0 Å². The summed E-state index contributed by atoms with van der Waals surface area (Å²) in [6.07, 6.45) is 6.18. The number of nitrogens with one attached hydrogen (secondary N) is 1. The molecule has 0 aliphatic rings. The molecule has 0 aliphatic heterocycles. The van der Waals surface area contributed by atoms with Crippen LogP contribution in [0.4, 0.5) is 0 Å². The van der Waals surface area contributed by atoms with E-state index in [4.69, 9.17) is 4.74 Å². The summed E-state index contributed by atoms with van der Waals surface area (Å²) >= 11 is 0. The molecule has 0 atom stereocenters. The monoisotopic (exact) mass is 408 g/mol. The highest BCUT2D eigenvalue weighted by Gasteiger charge is 2.16. The smallest absolute Gasteiger partial charge is 0.263 e. The van der Waals surface area contributed by atoms with Crippen LogP contribution in [-0.2, 0) is 13.1 Å². The van der Waals surface area contributed by atoms with Crippen LogP contribution in [0.15, 0.2) is 53.7 Å². The molecule has 0 unspecified atom stereocenters. The summed E-state index contributed by atoms with van der Waals surface area (Å²) in [6.45, 7) is 6.88.